The molecule has 0 aromatic heterocycles. The number of hydrogen-bond donors (Lipinski definition) is 0. The standard InChI is InChI=1S/C32H32O4/c1-17-9-18(2)12-22(11-17)31(33)35-29-26-16-27(28-24-8-6-5-7-21(24)15-25(26)28)30(29)36-32(34)23-13-19(3)10-20(4)14-23/h5-14,25-30H,15-16H2,1-4H3. The molecule has 6 atom stereocenters. The summed E-state index contributed by atoms with van der Waals surface area (Å²) in [5.41, 5.74) is 7.97. The maximum absolute atomic E-state index is 13.3. The summed E-state index contributed by atoms with van der Waals surface area (Å²) in [5.74, 6) is 0.420. The summed E-state index contributed by atoms with van der Waals surface area (Å²) in [6.07, 6.45) is 1.02. The van der Waals surface area contributed by atoms with Crippen molar-refractivity contribution in [1.29, 1.82) is 0 Å². The van der Waals surface area contributed by atoms with E-state index < -0.39 is 12.2 Å². The molecule has 36 heavy (non-hydrogen) atoms. The molecule has 6 unspecified atom stereocenters. The van der Waals surface area contributed by atoms with Crippen LogP contribution in [0.1, 0.15) is 66.4 Å². The van der Waals surface area contributed by atoms with E-state index in [2.05, 4.69) is 24.3 Å². The molecule has 0 N–H and O–H groups in total. The summed E-state index contributed by atoms with van der Waals surface area (Å²) in [7, 11) is 0. The van der Waals surface area contributed by atoms with Gasteiger partial charge in [0.1, 0.15) is 12.2 Å². The molecule has 2 saturated carbocycles. The minimum Gasteiger partial charge on any atom is -0.455 e. The number of carbonyl (C=O) groups excluding carboxylic acids is 2. The predicted octanol–water partition coefficient (Wildman–Crippen LogP) is 6.28. The predicted molar refractivity (Wildman–Crippen MR) is 138 cm³/mol. The molecule has 4 nitrogen and oxygen atoms in total. The van der Waals surface area contributed by atoms with Gasteiger partial charge in [0.05, 0.1) is 11.1 Å². The monoisotopic (exact) mass is 480 g/mol. The van der Waals surface area contributed by atoms with Crippen LogP contribution in [0, 0.1) is 45.4 Å². The Morgan fingerprint density at radius 3 is 1.72 bits per heavy atom. The largest absolute Gasteiger partial charge is 0.455 e. The van der Waals surface area contributed by atoms with Crippen molar-refractivity contribution < 1.29 is 19.1 Å². The van der Waals surface area contributed by atoms with Gasteiger partial charge in [-0.15, -0.1) is 0 Å². The zero-order chi connectivity index (χ0) is 25.1. The molecule has 0 amide bonds. The highest BCUT2D eigenvalue weighted by Gasteiger charge is 2.63. The maximum Gasteiger partial charge on any atom is 0.338 e. The van der Waals surface area contributed by atoms with Crippen molar-refractivity contribution in [3.8, 4) is 0 Å². The van der Waals surface area contributed by atoms with Gasteiger partial charge in [0, 0.05) is 11.8 Å². The van der Waals surface area contributed by atoms with Crippen LogP contribution in [0.3, 0.4) is 0 Å². The zero-order valence-corrected chi connectivity index (χ0v) is 21.3. The molecule has 4 heteroatoms. The molecule has 2 bridgehead atoms. The Balaban J connectivity index is 1.32. The summed E-state index contributed by atoms with van der Waals surface area (Å²) < 4.78 is 12.5. The molecule has 3 aliphatic carbocycles. The Kier molecular flexibility index (Phi) is 5.51. The third-order valence-corrected chi connectivity index (χ3v) is 8.46. The van der Waals surface area contributed by atoms with E-state index in [1.807, 2.05) is 64.1 Å². The second kappa shape index (κ2) is 8.62. The molecule has 0 aliphatic heterocycles. The van der Waals surface area contributed by atoms with Gasteiger partial charge in [-0.1, -0.05) is 58.7 Å². The molecule has 3 aromatic carbocycles. The van der Waals surface area contributed by atoms with Crippen molar-refractivity contribution in [2.24, 2.45) is 17.8 Å². The lowest BCUT2D eigenvalue weighted by molar-refractivity contribution is -0.0698. The van der Waals surface area contributed by atoms with Crippen LogP contribution in [0.15, 0.2) is 60.7 Å². The molecule has 0 saturated heterocycles. The Hall–Kier alpha value is -3.40. The van der Waals surface area contributed by atoms with E-state index >= 15 is 0 Å². The van der Waals surface area contributed by atoms with Gasteiger partial charge in [-0.3, -0.25) is 0 Å². The van der Waals surface area contributed by atoms with E-state index in [0.29, 0.717) is 23.0 Å². The van der Waals surface area contributed by atoms with Crippen molar-refractivity contribution in [2.75, 3.05) is 0 Å². The lowest BCUT2D eigenvalue weighted by Crippen LogP contribution is -2.45. The molecule has 3 aliphatic rings. The first-order valence-corrected chi connectivity index (χ1v) is 12.9. The van der Waals surface area contributed by atoms with Gasteiger partial charge >= 0.3 is 11.9 Å². The van der Waals surface area contributed by atoms with Crippen LogP contribution < -0.4 is 0 Å². The van der Waals surface area contributed by atoms with Gasteiger partial charge in [-0.25, -0.2) is 9.59 Å². The third-order valence-electron chi connectivity index (χ3n) is 8.46. The number of aryl methyl sites for hydroxylation is 4. The lowest BCUT2D eigenvalue weighted by atomic mass is 9.76. The van der Waals surface area contributed by atoms with Crippen LogP contribution in [0.25, 0.3) is 0 Å². The van der Waals surface area contributed by atoms with Gasteiger partial charge in [0.25, 0.3) is 0 Å². The Bertz CT molecular complexity index is 1330. The van der Waals surface area contributed by atoms with Crippen molar-refractivity contribution in [3.05, 3.63) is 105 Å². The average molecular weight is 481 g/mol. The van der Waals surface area contributed by atoms with Crippen molar-refractivity contribution in [2.45, 2.75) is 58.7 Å². The highest BCUT2D eigenvalue weighted by atomic mass is 16.6. The quantitative estimate of drug-likeness (QED) is 0.413. The number of hydrogen-bond acceptors (Lipinski definition) is 4. The third kappa shape index (κ3) is 3.84. The van der Waals surface area contributed by atoms with Gasteiger partial charge in [-0.05, 0) is 87.8 Å². The van der Waals surface area contributed by atoms with E-state index in [9.17, 15) is 9.59 Å². The number of benzene rings is 3. The minimum atomic E-state index is -0.453. The number of ether oxygens (including phenoxy) is 2. The van der Waals surface area contributed by atoms with E-state index in [1.54, 1.807) is 0 Å². The Morgan fingerprint density at radius 2 is 1.17 bits per heavy atom. The van der Waals surface area contributed by atoms with E-state index in [4.69, 9.17) is 9.47 Å². The highest BCUT2D eigenvalue weighted by molar-refractivity contribution is 5.91. The Morgan fingerprint density at radius 1 is 0.667 bits per heavy atom. The fraction of sp³-hybridized carbons (Fsp3) is 0.375. The number of fused-ring (bicyclic) bond motifs is 7. The number of esters is 2. The second-order valence-corrected chi connectivity index (χ2v) is 11.1. The molecule has 3 aromatic rings. The van der Waals surface area contributed by atoms with Gasteiger partial charge < -0.3 is 9.47 Å². The molecule has 0 radical (unpaired) electrons. The topological polar surface area (TPSA) is 52.6 Å². The fourth-order valence-corrected chi connectivity index (χ4v) is 7.34. The first-order chi connectivity index (χ1) is 17.3. The molecule has 2 fully saturated rings. The summed E-state index contributed by atoms with van der Waals surface area (Å²) in [6, 6.07) is 20.2. The first-order valence-electron chi connectivity index (χ1n) is 12.9. The SMILES string of the molecule is Cc1cc(C)cc(C(=O)OC2C3CC(C2OC(=O)c2cc(C)cc(C)c2)C2c4ccccc4CC32)c1. The van der Waals surface area contributed by atoms with Crippen molar-refractivity contribution in [1.82, 2.24) is 0 Å². The first kappa shape index (κ1) is 23.0. The van der Waals surface area contributed by atoms with Crippen LogP contribution in [-0.2, 0) is 15.9 Å². The zero-order valence-electron chi connectivity index (χ0n) is 21.3. The average Bonchev–Trinajstić information content (AvgIpc) is 3.47. The normalized spacial score (nSPS) is 27.4. The number of carbonyl (C=O) groups is 2. The van der Waals surface area contributed by atoms with E-state index in [-0.39, 0.29) is 23.8 Å². The summed E-state index contributed by atoms with van der Waals surface area (Å²) in [5, 5.41) is 0. The van der Waals surface area contributed by atoms with Crippen LogP contribution in [0.5, 0.6) is 0 Å². The van der Waals surface area contributed by atoms with Crippen molar-refractivity contribution in [3.63, 3.8) is 0 Å². The molecule has 184 valence electrons. The smallest absolute Gasteiger partial charge is 0.338 e. The molecule has 0 spiro atoms. The van der Waals surface area contributed by atoms with Gasteiger partial charge in [0.2, 0.25) is 0 Å². The van der Waals surface area contributed by atoms with Crippen LogP contribution in [-0.4, -0.2) is 24.1 Å². The Labute approximate surface area is 212 Å². The summed E-state index contributed by atoms with van der Waals surface area (Å²) >= 11 is 0. The lowest BCUT2D eigenvalue weighted by Gasteiger charge is -2.37. The van der Waals surface area contributed by atoms with Gasteiger partial charge in [0.15, 0.2) is 0 Å². The molecular formula is C32H32O4. The molecule has 0 heterocycles. The molecule has 6 rings (SSSR count). The summed E-state index contributed by atoms with van der Waals surface area (Å²) in [4.78, 5) is 26.7. The fourth-order valence-electron chi connectivity index (χ4n) is 7.34. The van der Waals surface area contributed by atoms with E-state index in [0.717, 1.165) is 35.1 Å². The van der Waals surface area contributed by atoms with E-state index in [1.165, 1.54) is 11.1 Å². The van der Waals surface area contributed by atoms with Crippen LogP contribution >= 0.6 is 0 Å². The second-order valence-electron chi connectivity index (χ2n) is 11.1. The van der Waals surface area contributed by atoms with Gasteiger partial charge in [-0.2, -0.15) is 0 Å². The molecular weight excluding hydrogens is 448 g/mol. The van der Waals surface area contributed by atoms with Crippen LogP contribution in [0.2, 0.25) is 0 Å². The van der Waals surface area contributed by atoms with Crippen molar-refractivity contribution >= 4 is 11.9 Å². The summed E-state index contributed by atoms with van der Waals surface area (Å²) in [6.45, 7) is 7.93. The van der Waals surface area contributed by atoms with Crippen LogP contribution in [0.4, 0.5) is 0 Å². The number of rotatable bonds is 4. The minimum absolute atomic E-state index is 0.149. The maximum atomic E-state index is 13.3. The highest BCUT2D eigenvalue weighted by Crippen LogP contribution is 2.62.